The van der Waals surface area contributed by atoms with Crippen molar-refractivity contribution in [3.8, 4) is 0 Å². The van der Waals surface area contributed by atoms with Crippen LogP contribution in [0.3, 0.4) is 0 Å². The highest BCUT2D eigenvalue weighted by molar-refractivity contribution is 5.50. The zero-order chi connectivity index (χ0) is 15.5. The molecule has 5 heteroatoms. The van der Waals surface area contributed by atoms with E-state index in [1.807, 2.05) is 24.3 Å². The summed E-state index contributed by atoms with van der Waals surface area (Å²) in [6, 6.07) is 7.74. The largest absolute Gasteiger partial charge is 0.405 e. The number of rotatable bonds is 7. The standard InChI is InChI=1S/C16H23F3N2/c1-3-10-20-12(2)13-4-6-14(7-5-13)21(15-8-9-15)11-16(17,18)19/h4-7,12,15,20H,3,8-11H2,1-2H3. The van der Waals surface area contributed by atoms with Gasteiger partial charge >= 0.3 is 6.18 Å². The smallest absolute Gasteiger partial charge is 0.360 e. The summed E-state index contributed by atoms with van der Waals surface area (Å²) in [5, 5.41) is 3.38. The Morgan fingerprint density at radius 3 is 2.33 bits per heavy atom. The Kier molecular flexibility index (Phi) is 5.14. The van der Waals surface area contributed by atoms with Gasteiger partial charge < -0.3 is 10.2 Å². The highest BCUT2D eigenvalue weighted by atomic mass is 19.4. The third kappa shape index (κ3) is 4.92. The van der Waals surface area contributed by atoms with Gasteiger partial charge in [-0.15, -0.1) is 0 Å². The third-order valence-electron chi connectivity index (χ3n) is 3.76. The molecule has 0 amide bonds. The summed E-state index contributed by atoms with van der Waals surface area (Å²) in [6.45, 7) is 4.25. The zero-order valence-corrected chi connectivity index (χ0v) is 12.6. The van der Waals surface area contributed by atoms with Gasteiger partial charge in [-0.2, -0.15) is 13.2 Å². The Labute approximate surface area is 124 Å². The molecule has 2 nitrogen and oxygen atoms in total. The van der Waals surface area contributed by atoms with Crippen LogP contribution >= 0.6 is 0 Å². The van der Waals surface area contributed by atoms with E-state index in [-0.39, 0.29) is 12.1 Å². The Balaban J connectivity index is 2.05. The average Bonchev–Trinajstić information content (AvgIpc) is 3.26. The Bertz CT molecular complexity index is 438. The van der Waals surface area contributed by atoms with Crippen LogP contribution in [0.15, 0.2) is 24.3 Å². The van der Waals surface area contributed by atoms with Gasteiger partial charge in [-0.25, -0.2) is 0 Å². The molecule has 2 rings (SSSR count). The normalized spacial score (nSPS) is 16.8. The van der Waals surface area contributed by atoms with Crippen LogP contribution in [-0.2, 0) is 0 Å². The summed E-state index contributed by atoms with van der Waals surface area (Å²) in [5.74, 6) is 0. The first kappa shape index (κ1) is 16.1. The molecule has 1 atom stereocenters. The zero-order valence-electron chi connectivity index (χ0n) is 12.6. The third-order valence-corrected chi connectivity index (χ3v) is 3.76. The highest BCUT2D eigenvalue weighted by Gasteiger charge is 2.38. The van der Waals surface area contributed by atoms with Crippen LogP contribution in [0, 0.1) is 0 Å². The molecule has 1 aliphatic rings. The predicted octanol–water partition coefficient (Wildman–Crippen LogP) is 4.28. The molecule has 1 aliphatic carbocycles. The molecule has 21 heavy (non-hydrogen) atoms. The van der Waals surface area contributed by atoms with Gasteiger partial charge in [0.15, 0.2) is 0 Å². The molecule has 1 aromatic carbocycles. The van der Waals surface area contributed by atoms with E-state index in [2.05, 4.69) is 19.2 Å². The van der Waals surface area contributed by atoms with Crippen LogP contribution in [0.25, 0.3) is 0 Å². The van der Waals surface area contributed by atoms with Gasteiger partial charge in [0.1, 0.15) is 6.54 Å². The van der Waals surface area contributed by atoms with Crippen LogP contribution in [0.2, 0.25) is 0 Å². The molecular weight excluding hydrogens is 277 g/mol. The van der Waals surface area contributed by atoms with Crippen molar-refractivity contribution < 1.29 is 13.2 Å². The Morgan fingerprint density at radius 1 is 1.24 bits per heavy atom. The van der Waals surface area contributed by atoms with Crippen molar-refractivity contribution in [2.75, 3.05) is 18.0 Å². The van der Waals surface area contributed by atoms with Crippen molar-refractivity contribution >= 4 is 5.69 Å². The first-order valence-electron chi connectivity index (χ1n) is 7.57. The lowest BCUT2D eigenvalue weighted by molar-refractivity contribution is -0.120. The molecule has 1 aromatic rings. The van der Waals surface area contributed by atoms with Crippen LogP contribution in [0.4, 0.5) is 18.9 Å². The van der Waals surface area contributed by atoms with E-state index in [1.54, 1.807) is 0 Å². The maximum atomic E-state index is 12.7. The number of alkyl halides is 3. The minimum atomic E-state index is -4.16. The maximum absolute atomic E-state index is 12.7. The lowest BCUT2D eigenvalue weighted by atomic mass is 10.1. The van der Waals surface area contributed by atoms with Crippen LogP contribution in [0.5, 0.6) is 0 Å². The molecule has 1 saturated carbocycles. The molecule has 1 unspecified atom stereocenters. The van der Waals surface area contributed by atoms with Gasteiger partial charge in [0, 0.05) is 17.8 Å². The van der Waals surface area contributed by atoms with Gasteiger partial charge in [0.2, 0.25) is 0 Å². The Hall–Kier alpha value is -1.23. The molecule has 0 spiro atoms. The van der Waals surface area contributed by atoms with Gasteiger partial charge in [0.25, 0.3) is 0 Å². The second kappa shape index (κ2) is 6.69. The number of halogens is 3. The maximum Gasteiger partial charge on any atom is 0.405 e. The molecule has 118 valence electrons. The quantitative estimate of drug-likeness (QED) is 0.808. The van der Waals surface area contributed by atoms with Gasteiger partial charge in [-0.1, -0.05) is 19.1 Å². The summed E-state index contributed by atoms with van der Waals surface area (Å²) >= 11 is 0. The number of nitrogens with one attached hydrogen (secondary N) is 1. The monoisotopic (exact) mass is 300 g/mol. The summed E-state index contributed by atoms with van der Waals surface area (Å²) in [7, 11) is 0. The molecular formula is C16H23F3N2. The predicted molar refractivity (Wildman–Crippen MR) is 79.6 cm³/mol. The fourth-order valence-electron chi connectivity index (χ4n) is 2.44. The molecule has 0 aliphatic heterocycles. The minimum absolute atomic E-state index is 0.0492. The number of hydrogen-bond donors (Lipinski definition) is 1. The first-order valence-corrected chi connectivity index (χ1v) is 7.57. The van der Waals surface area contributed by atoms with Gasteiger partial charge in [0.05, 0.1) is 0 Å². The van der Waals surface area contributed by atoms with E-state index in [0.29, 0.717) is 5.69 Å². The SMILES string of the molecule is CCCNC(C)c1ccc(N(CC(F)(F)F)C2CC2)cc1. The van der Waals surface area contributed by atoms with Crippen molar-refractivity contribution in [1.82, 2.24) is 5.32 Å². The van der Waals surface area contributed by atoms with Crippen LogP contribution in [-0.4, -0.2) is 25.3 Å². The van der Waals surface area contributed by atoms with Crippen molar-refractivity contribution in [2.45, 2.75) is 51.4 Å². The lowest BCUT2D eigenvalue weighted by Gasteiger charge is -2.26. The number of anilines is 1. The number of benzene rings is 1. The summed E-state index contributed by atoms with van der Waals surface area (Å²) in [5.41, 5.74) is 1.77. The van der Waals surface area contributed by atoms with Crippen molar-refractivity contribution in [1.29, 1.82) is 0 Å². The second-order valence-electron chi connectivity index (χ2n) is 5.74. The van der Waals surface area contributed by atoms with Gasteiger partial charge in [-0.05, 0) is 50.4 Å². The van der Waals surface area contributed by atoms with Crippen molar-refractivity contribution in [2.24, 2.45) is 0 Å². The summed E-state index contributed by atoms with van der Waals surface area (Å²) in [4.78, 5) is 1.48. The van der Waals surface area contributed by atoms with E-state index < -0.39 is 12.7 Å². The highest BCUT2D eigenvalue weighted by Crippen LogP contribution is 2.34. The fraction of sp³-hybridized carbons (Fsp3) is 0.625. The van der Waals surface area contributed by atoms with E-state index in [4.69, 9.17) is 0 Å². The molecule has 0 saturated heterocycles. The van der Waals surface area contributed by atoms with E-state index >= 15 is 0 Å². The van der Waals surface area contributed by atoms with Crippen molar-refractivity contribution in [3.05, 3.63) is 29.8 Å². The van der Waals surface area contributed by atoms with Crippen molar-refractivity contribution in [3.63, 3.8) is 0 Å². The summed E-state index contributed by atoms with van der Waals surface area (Å²) < 4.78 is 38.0. The van der Waals surface area contributed by atoms with Crippen LogP contribution < -0.4 is 10.2 Å². The molecule has 1 N–H and O–H groups in total. The van der Waals surface area contributed by atoms with E-state index in [0.717, 1.165) is 31.4 Å². The Morgan fingerprint density at radius 2 is 1.86 bits per heavy atom. The molecule has 0 aromatic heterocycles. The number of nitrogens with zero attached hydrogens (tertiary/aromatic N) is 1. The average molecular weight is 300 g/mol. The number of hydrogen-bond acceptors (Lipinski definition) is 2. The minimum Gasteiger partial charge on any atom is -0.360 e. The fourth-order valence-corrected chi connectivity index (χ4v) is 2.44. The molecule has 1 fully saturated rings. The first-order chi connectivity index (χ1) is 9.90. The van der Waals surface area contributed by atoms with E-state index in [1.165, 1.54) is 4.90 Å². The molecule has 0 radical (unpaired) electrons. The van der Waals surface area contributed by atoms with Crippen LogP contribution in [0.1, 0.15) is 44.7 Å². The lowest BCUT2D eigenvalue weighted by Crippen LogP contribution is -2.36. The molecule has 0 heterocycles. The topological polar surface area (TPSA) is 15.3 Å². The second-order valence-corrected chi connectivity index (χ2v) is 5.74. The van der Waals surface area contributed by atoms with E-state index in [9.17, 15) is 13.2 Å². The molecule has 0 bridgehead atoms. The van der Waals surface area contributed by atoms with Gasteiger partial charge in [-0.3, -0.25) is 0 Å². The summed E-state index contributed by atoms with van der Waals surface area (Å²) in [6.07, 6.45) is -1.39.